The van der Waals surface area contributed by atoms with E-state index in [9.17, 15) is 13.2 Å². The Labute approximate surface area is 194 Å². The number of benzene rings is 2. The molecule has 0 radical (unpaired) electrons. The maximum absolute atomic E-state index is 13.1. The van der Waals surface area contributed by atoms with E-state index in [1.165, 1.54) is 4.31 Å². The zero-order valence-corrected chi connectivity index (χ0v) is 19.9. The second-order valence-electron chi connectivity index (χ2n) is 8.41. The van der Waals surface area contributed by atoms with Crippen LogP contribution in [0.15, 0.2) is 51.9 Å². The molecule has 1 N–H and O–H groups in total. The third kappa shape index (κ3) is 4.85. The van der Waals surface area contributed by atoms with Gasteiger partial charge in [-0.1, -0.05) is 29.4 Å². The van der Waals surface area contributed by atoms with Crippen LogP contribution in [0.1, 0.15) is 41.0 Å². The van der Waals surface area contributed by atoms with E-state index in [0.29, 0.717) is 22.8 Å². The lowest BCUT2D eigenvalue weighted by molar-refractivity contribution is -0.117. The van der Waals surface area contributed by atoms with Crippen molar-refractivity contribution in [1.29, 1.82) is 0 Å². The first kappa shape index (κ1) is 22.8. The number of aromatic nitrogens is 1. The number of rotatable bonds is 7. The molecule has 1 fully saturated rings. The largest absolute Gasteiger partial charge is 0.354 e. The highest BCUT2D eigenvalue weighted by Gasteiger charge is 2.30. The molecule has 3 aromatic rings. The second-order valence-corrected chi connectivity index (χ2v) is 10.4. The van der Waals surface area contributed by atoms with Crippen LogP contribution in [-0.2, 0) is 14.8 Å². The van der Waals surface area contributed by atoms with Crippen molar-refractivity contribution >= 4 is 39.5 Å². The average molecular weight is 466 g/mol. The van der Waals surface area contributed by atoms with E-state index in [0.717, 1.165) is 29.5 Å². The van der Waals surface area contributed by atoms with Gasteiger partial charge in [-0.05, 0) is 80.6 Å². The van der Waals surface area contributed by atoms with Gasteiger partial charge in [0.2, 0.25) is 5.91 Å². The van der Waals surface area contributed by atoms with Gasteiger partial charge in [0.05, 0.1) is 10.6 Å². The fraction of sp³-hybridized carbons (Fsp3) is 0.280. The van der Waals surface area contributed by atoms with Crippen LogP contribution < -0.4 is 9.62 Å². The van der Waals surface area contributed by atoms with Crippen molar-refractivity contribution in [1.82, 2.24) is 5.16 Å². The number of sulfonamides is 1. The van der Waals surface area contributed by atoms with Crippen molar-refractivity contribution in [2.75, 3.05) is 16.7 Å². The summed E-state index contributed by atoms with van der Waals surface area (Å²) in [7, 11) is -2.14. The highest BCUT2D eigenvalue weighted by atomic mass is 32.2. The van der Waals surface area contributed by atoms with E-state index in [2.05, 4.69) is 10.5 Å². The fourth-order valence-electron chi connectivity index (χ4n) is 3.36. The first-order valence-corrected chi connectivity index (χ1v) is 12.2. The molecule has 0 atom stereocenters. The molecule has 1 aliphatic rings. The molecule has 8 heteroatoms. The zero-order valence-electron chi connectivity index (χ0n) is 19.1. The molecule has 1 aliphatic carbocycles. The summed E-state index contributed by atoms with van der Waals surface area (Å²) in [4.78, 5) is 12.3. The second kappa shape index (κ2) is 8.86. The van der Waals surface area contributed by atoms with E-state index in [-0.39, 0.29) is 16.7 Å². The molecule has 0 unspecified atom stereocenters. The van der Waals surface area contributed by atoms with Crippen LogP contribution in [0.25, 0.3) is 12.2 Å². The minimum absolute atomic E-state index is 0.0154. The van der Waals surface area contributed by atoms with Gasteiger partial charge in [-0.25, -0.2) is 8.42 Å². The van der Waals surface area contributed by atoms with Crippen molar-refractivity contribution in [3.63, 3.8) is 0 Å². The maximum Gasteiger partial charge on any atom is 0.264 e. The van der Waals surface area contributed by atoms with Crippen LogP contribution in [0.2, 0.25) is 0 Å². The molecule has 172 valence electrons. The predicted molar refractivity (Wildman–Crippen MR) is 129 cm³/mol. The number of nitrogens with zero attached hydrogens (tertiary/aromatic N) is 2. The molecule has 7 nitrogen and oxygen atoms in total. The van der Waals surface area contributed by atoms with Gasteiger partial charge in [-0.3, -0.25) is 9.10 Å². The molecule has 0 spiro atoms. The van der Waals surface area contributed by atoms with E-state index in [1.54, 1.807) is 56.5 Å². The van der Waals surface area contributed by atoms with Gasteiger partial charge in [0.25, 0.3) is 10.0 Å². The number of hydrogen-bond donors (Lipinski definition) is 1. The van der Waals surface area contributed by atoms with Gasteiger partial charge in [0, 0.05) is 13.0 Å². The highest BCUT2D eigenvalue weighted by Crippen LogP contribution is 2.32. The Bertz CT molecular complexity index is 1320. The number of nitrogens with one attached hydrogen (secondary N) is 1. The third-order valence-corrected chi connectivity index (χ3v) is 7.70. The van der Waals surface area contributed by atoms with Crippen LogP contribution in [-0.4, -0.2) is 26.5 Å². The predicted octanol–water partition coefficient (Wildman–Crippen LogP) is 4.94. The summed E-state index contributed by atoms with van der Waals surface area (Å²) < 4.78 is 32.8. The first-order valence-electron chi connectivity index (χ1n) is 10.8. The summed E-state index contributed by atoms with van der Waals surface area (Å²) in [6.07, 6.45) is 5.33. The molecular weight excluding hydrogens is 438 g/mol. The van der Waals surface area contributed by atoms with E-state index in [1.807, 2.05) is 26.0 Å². The van der Waals surface area contributed by atoms with Gasteiger partial charge in [-0.15, -0.1) is 0 Å². The Morgan fingerprint density at radius 1 is 1.06 bits per heavy atom. The average Bonchev–Trinajstić information content (AvgIpc) is 3.59. The smallest absolute Gasteiger partial charge is 0.264 e. The maximum atomic E-state index is 13.1. The number of carbonyl (C=O) groups is 1. The number of amides is 1. The van der Waals surface area contributed by atoms with Gasteiger partial charge in [0.1, 0.15) is 11.4 Å². The van der Waals surface area contributed by atoms with E-state index < -0.39 is 10.0 Å². The van der Waals surface area contributed by atoms with E-state index >= 15 is 0 Å². The lowest BCUT2D eigenvalue weighted by atomic mass is 10.1. The SMILES string of the molecule is Cc1ccc(N(C)S(=O)(=O)c2ccc(/C=C\c3onc(C)c3NC(=O)C3CC3)cc2)cc1C. The zero-order chi connectivity index (χ0) is 23.8. The number of aryl methyl sites for hydroxylation is 3. The van der Waals surface area contributed by atoms with Crippen LogP contribution in [0, 0.1) is 26.7 Å². The molecule has 4 rings (SSSR count). The van der Waals surface area contributed by atoms with Crippen molar-refractivity contribution in [3.05, 3.63) is 70.6 Å². The Morgan fingerprint density at radius 2 is 1.76 bits per heavy atom. The molecule has 0 bridgehead atoms. The van der Waals surface area contributed by atoms with Gasteiger partial charge >= 0.3 is 0 Å². The van der Waals surface area contributed by atoms with E-state index in [4.69, 9.17) is 4.52 Å². The molecule has 33 heavy (non-hydrogen) atoms. The summed E-state index contributed by atoms with van der Waals surface area (Å²) in [5, 5.41) is 6.83. The van der Waals surface area contributed by atoms with Crippen molar-refractivity contribution < 1.29 is 17.7 Å². The van der Waals surface area contributed by atoms with Gasteiger partial charge in [0.15, 0.2) is 5.76 Å². The Hall–Kier alpha value is -3.39. The Balaban J connectivity index is 1.51. The van der Waals surface area contributed by atoms with Crippen LogP contribution in [0.3, 0.4) is 0 Å². The molecule has 0 aliphatic heterocycles. The normalized spacial score (nSPS) is 13.9. The quantitative estimate of drug-likeness (QED) is 0.533. The molecule has 2 aromatic carbocycles. The summed E-state index contributed by atoms with van der Waals surface area (Å²) in [6, 6.07) is 12.2. The monoisotopic (exact) mass is 465 g/mol. The van der Waals surface area contributed by atoms with Crippen molar-refractivity contribution in [2.45, 2.75) is 38.5 Å². The first-order chi connectivity index (χ1) is 15.7. The minimum Gasteiger partial charge on any atom is -0.354 e. The number of anilines is 2. The van der Waals surface area contributed by atoms with Crippen LogP contribution in [0.4, 0.5) is 11.4 Å². The standard InChI is InChI=1S/C25H27N3O4S/c1-16-5-11-21(15-17(16)2)28(4)33(30,31)22-12-6-19(7-13-22)8-14-23-24(18(3)27-32-23)26-25(29)20-9-10-20/h5-8,11-15,20H,9-10H2,1-4H3,(H,26,29)/b14-8-. The molecule has 1 aromatic heterocycles. The third-order valence-electron chi connectivity index (χ3n) is 5.91. The molecule has 1 saturated carbocycles. The fourth-order valence-corrected chi connectivity index (χ4v) is 4.55. The summed E-state index contributed by atoms with van der Waals surface area (Å²) in [5.41, 5.74) is 4.72. The Kier molecular flexibility index (Phi) is 6.12. The van der Waals surface area contributed by atoms with Crippen LogP contribution in [0.5, 0.6) is 0 Å². The lowest BCUT2D eigenvalue weighted by Gasteiger charge is -2.20. The Morgan fingerprint density at radius 3 is 2.39 bits per heavy atom. The summed E-state index contributed by atoms with van der Waals surface area (Å²) >= 11 is 0. The molecular formula is C25H27N3O4S. The molecule has 0 saturated heterocycles. The number of carbonyl (C=O) groups excluding carboxylic acids is 1. The summed E-state index contributed by atoms with van der Waals surface area (Å²) in [6.45, 7) is 5.72. The molecule has 1 amide bonds. The highest BCUT2D eigenvalue weighted by molar-refractivity contribution is 7.92. The van der Waals surface area contributed by atoms with Crippen molar-refractivity contribution in [3.8, 4) is 0 Å². The topological polar surface area (TPSA) is 92.5 Å². The lowest BCUT2D eigenvalue weighted by Crippen LogP contribution is -2.26. The van der Waals surface area contributed by atoms with Crippen molar-refractivity contribution in [2.24, 2.45) is 5.92 Å². The van der Waals surface area contributed by atoms with Crippen LogP contribution >= 0.6 is 0 Å². The minimum atomic E-state index is -3.69. The van der Waals surface area contributed by atoms with Gasteiger partial charge in [-0.2, -0.15) is 0 Å². The number of hydrogen-bond acceptors (Lipinski definition) is 5. The molecule has 1 heterocycles. The summed E-state index contributed by atoms with van der Waals surface area (Å²) in [5.74, 6) is 0.513. The van der Waals surface area contributed by atoms with Gasteiger partial charge < -0.3 is 9.84 Å².